The van der Waals surface area contributed by atoms with Crippen LogP contribution in [0.25, 0.3) is 0 Å². The fraction of sp³-hybridized carbons (Fsp3) is 0.727. The van der Waals surface area contributed by atoms with Gasteiger partial charge in [0, 0.05) is 11.8 Å². The van der Waals surface area contributed by atoms with Crippen LogP contribution in [0.15, 0.2) is 11.1 Å². The van der Waals surface area contributed by atoms with Crippen molar-refractivity contribution in [2.45, 2.75) is 39.5 Å². The van der Waals surface area contributed by atoms with Gasteiger partial charge in [-0.25, -0.2) is 0 Å². The zero-order valence-electron chi connectivity index (χ0n) is 7.89. The van der Waals surface area contributed by atoms with Crippen molar-refractivity contribution in [2.75, 3.05) is 0 Å². The lowest BCUT2D eigenvalue weighted by Gasteiger charge is -2.09. The minimum absolute atomic E-state index is 0.382. The lowest BCUT2D eigenvalue weighted by Crippen LogP contribution is -2.11. The molecule has 2 unspecified atom stereocenters. The van der Waals surface area contributed by atoms with Crippen molar-refractivity contribution in [1.29, 1.82) is 0 Å². The number of carbonyl (C=O) groups is 1. The van der Waals surface area contributed by atoms with Crippen LogP contribution in [0.1, 0.15) is 39.5 Å². The zero-order chi connectivity index (χ0) is 8.72. The molecule has 0 aromatic rings. The Morgan fingerprint density at radius 3 is 1.83 bits per heavy atom. The van der Waals surface area contributed by atoms with E-state index in [0.29, 0.717) is 17.6 Å². The number of hydrogen-bond acceptors (Lipinski definition) is 1. The molecule has 1 heteroatoms. The van der Waals surface area contributed by atoms with E-state index in [4.69, 9.17) is 0 Å². The van der Waals surface area contributed by atoms with Crippen molar-refractivity contribution < 1.29 is 4.79 Å². The van der Waals surface area contributed by atoms with E-state index in [1.807, 2.05) is 0 Å². The molecule has 0 aromatic carbocycles. The van der Waals surface area contributed by atoms with Gasteiger partial charge in [-0.2, -0.15) is 0 Å². The molecule has 66 valence electrons. The molecule has 0 spiro atoms. The summed E-state index contributed by atoms with van der Waals surface area (Å²) in [7, 11) is 0. The van der Waals surface area contributed by atoms with Gasteiger partial charge in [-0.3, -0.25) is 4.79 Å². The first-order valence-electron chi connectivity index (χ1n) is 4.87. The highest BCUT2D eigenvalue weighted by atomic mass is 16.1. The molecular weight excluding hydrogens is 148 g/mol. The summed E-state index contributed by atoms with van der Waals surface area (Å²) in [5, 5.41) is 0. The largest absolute Gasteiger partial charge is 0.299 e. The van der Waals surface area contributed by atoms with E-state index in [1.165, 1.54) is 11.1 Å². The van der Waals surface area contributed by atoms with Crippen molar-refractivity contribution in [3.05, 3.63) is 11.1 Å². The van der Waals surface area contributed by atoms with Crippen molar-refractivity contribution in [2.24, 2.45) is 11.8 Å². The van der Waals surface area contributed by atoms with Gasteiger partial charge in [0.2, 0.25) is 0 Å². The molecule has 0 N–H and O–H groups in total. The first-order chi connectivity index (χ1) is 5.68. The van der Waals surface area contributed by atoms with Crippen LogP contribution in [0.4, 0.5) is 0 Å². The third-order valence-corrected chi connectivity index (χ3v) is 3.50. The SMILES string of the molecule is CC1=C(C)CC2CCC(C1)C2=O. The van der Waals surface area contributed by atoms with Gasteiger partial charge in [0.1, 0.15) is 5.78 Å². The van der Waals surface area contributed by atoms with Gasteiger partial charge in [-0.05, 0) is 39.5 Å². The average molecular weight is 164 g/mol. The van der Waals surface area contributed by atoms with Gasteiger partial charge >= 0.3 is 0 Å². The lowest BCUT2D eigenvalue weighted by molar-refractivity contribution is -0.123. The Bertz CT molecular complexity index is 226. The smallest absolute Gasteiger partial charge is 0.139 e. The fourth-order valence-electron chi connectivity index (χ4n) is 2.51. The zero-order valence-corrected chi connectivity index (χ0v) is 7.89. The van der Waals surface area contributed by atoms with Crippen LogP contribution in [0.5, 0.6) is 0 Å². The number of Topliss-reactive ketones (excluding diaryl/α,β-unsaturated/α-hetero) is 1. The summed E-state index contributed by atoms with van der Waals surface area (Å²) in [6.45, 7) is 4.37. The minimum Gasteiger partial charge on any atom is -0.299 e. The van der Waals surface area contributed by atoms with E-state index in [9.17, 15) is 4.79 Å². The van der Waals surface area contributed by atoms with E-state index in [2.05, 4.69) is 13.8 Å². The van der Waals surface area contributed by atoms with Gasteiger partial charge in [0.05, 0.1) is 0 Å². The predicted octanol–water partition coefficient (Wildman–Crippen LogP) is 2.71. The maximum atomic E-state index is 11.7. The maximum absolute atomic E-state index is 11.7. The van der Waals surface area contributed by atoms with E-state index < -0.39 is 0 Å². The van der Waals surface area contributed by atoms with Gasteiger partial charge in [-0.15, -0.1) is 0 Å². The van der Waals surface area contributed by atoms with Gasteiger partial charge in [0.15, 0.2) is 0 Å². The van der Waals surface area contributed by atoms with Crippen LogP contribution in [0.2, 0.25) is 0 Å². The molecule has 12 heavy (non-hydrogen) atoms. The molecule has 0 saturated heterocycles. The summed E-state index contributed by atoms with van der Waals surface area (Å²) in [6.07, 6.45) is 4.38. The van der Waals surface area contributed by atoms with Crippen molar-refractivity contribution in [3.63, 3.8) is 0 Å². The summed E-state index contributed by atoms with van der Waals surface area (Å²) in [5.41, 5.74) is 2.94. The van der Waals surface area contributed by atoms with Crippen LogP contribution < -0.4 is 0 Å². The molecule has 1 saturated carbocycles. The van der Waals surface area contributed by atoms with Crippen molar-refractivity contribution in [3.8, 4) is 0 Å². The monoisotopic (exact) mass is 164 g/mol. The number of fused-ring (bicyclic) bond motifs is 2. The summed E-state index contributed by atoms with van der Waals surface area (Å²) in [4.78, 5) is 11.7. The number of rotatable bonds is 0. The number of allylic oxidation sites excluding steroid dienone is 2. The van der Waals surface area contributed by atoms with Crippen LogP contribution in [0, 0.1) is 11.8 Å². The molecule has 2 atom stereocenters. The second-order valence-electron chi connectivity index (χ2n) is 4.34. The summed E-state index contributed by atoms with van der Waals surface area (Å²) in [5.74, 6) is 1.31. The van der Waals surface area contributed by atoms with E-state index in [-0.39, 0.29) is 0 Å². The Morgan fingerprint density at radius 1 is 1.00 bits per heavy atom. The molecule has 2 aliphatic carbocycles. The molecule has 2 bridgehead atoms. The van der Waals surface area contributed by atoms with Crippen LogP contribution in [-0.4, -0.2) is 5.78 Å². The minimum atomic E-state index is 0.382. The van der Waals surface area contributed by atoms with E-state index in [1.54, 1.807) is 0 Å². The molecule has 1 fully saturated rings. The highest BCUT2D eigenvalue weighted by molar-refractivity contribution is 5.86. The van der Waals surface area contributed by atoms with E-state index in [0.717, 1.165) is 25.7 Å². The standard InChI is InChI=1S/C11H16O/c1-7-5-9-3-4-10(11(9)12)6-8(7)2/h9-10H,3-6H2,1-2H3. The lowest BCUT2D eigenvalue weighted by atomic mass is 9.95. The average Bonchev–Trinajstić information content (AvgIpc) is 2.30. The quantitative estimate of drug-likeness (QED) is 0.503. The second kappa shape index (κ2) is 2.72. The van der Waals surface area contributed by atoms with Crippen molar-refractivity contribution in [1.82, 2.24) is 0 Å². The molecule has 0 amide bonds. The number of carbonyl (C=O) groups excluding carboxylic acids is 1. The summed E-state index contributed by atoms with van der Waals surface area (Å²) >= 11 is 0. The topological polar surface area (TPSA) is 17.1 Å². The molecule has 0 heterocycles. The van der Waals surface area contributed by atoms with E-state index >= 15 is 0 Å². The Kier molecular flexibility index (Phi) is 1.82. The maximum Gasteiger partial charge on any atom is 0.139 e. The summed E-state index contributed by atoms with van der Waals surface area (Å²) < 4.78 is 0. The Balaban J connectivity index is 2.29. The molecule has 0 aromatic heterocycles. The van der Waals surface area contributed by atoms with Crippen molar-refractivity contribution >= 4 is 5.78 Å². The Morgan fingerprint density at radius 2 is 1.42 bits per heavy atom. The third kappa shape index (κ3) is 1.12. The Hall–Kier alpha value is -0.590. The number of hydrogen-bond donors (Lipinski definition) is 0. The van der Waals surface area contributed by atoms with Crippen LogP contribution in [0.3, 0.4) is 0 Å². The Labute approximate surface area is 73.8 Å². The molecule has 2 rings (SSSR count). The predicted molar refractivity (Wildman–Crippen MR) is 48.8 cm³/mol. The third-order valence-electron chi connectivity index (χ3n) is 3.50. The molecule has 0 aliphatic heterocycles. The van der Waals surface area contributed by atoms with Gasteiger partial charge in [-0.1, -0.05) is 11.1 Å². The second-order valence-corrected chi connectivity index (χ2v) is 4.34. The fourth-order valence-corrected chi connectivity index (χ4v) is 2.51. The van der Waals surface area contributed by atoms with Crippen LogP contribution in [-0.2, 0) is 4.79 Å². The molecule has 1 nitrogen and oxygen atoms in total. The normalized spacial score (nSPS) is 35.7. The van der Waals surface area contributed by atoms with Crippen LogP contribution >= 0.6 is 0 Å². The van der Waals surface area contributed by atoms with Gasteiger partial charge in [0.25, 0.3) is 0 Å². The number of ketones is 1. The highest BCUT2D eigenvalue weighted by Gasteiger charge is 2.36. The molecular formula is C11H16O. The molecule has 2 aliphatic rings. The highest BCUT2D eigenvalue weighted by Crippen LogP contribution is 2.39. The van der Waals surface area contributed by atoms with Gasteiger partial charge < -0.3 is 0 Å². The summed E-state index contributed by atoms with van der Waals surface area (Å²) in [6, 6.07) is 0. The molecule has 0 radical (unpaired) electrons. The first kappa shape index (κ1) is 8.03. The first-order valence-corrected chi connectivity index (χ1v) is 4.87.